The van der Waals surface area contributed by atoms with Crippen molar-refractivity contribution in [2.24, 2.45) is 0 Å². The Hall–Kier alpha value is -1.26. The smallest absolute Gasteiger partial charge is 0.145 e. The number of hydrogen-bond donors (Lipinski definition) is 0. The largest absolute Gasteiger partial charge is 0.492 e. The molecule has 2 aromatic carbocycles. The summed E-state index contributed by atoms with van der Waals surface area (Å²) in [5.41, 5.74) is 2.10. The van der Waals surface area contributed by atoms with E-state index >= 15 is 0 Å². The summed E-state index contributed by atoms with van der Waals surface area (Å²) in [6.07, 6.45) is 4.20. The van der Waals surface area contributed by atoms with Gasteiger partial charge in [-0.25, -0.2) is 0 Å². The van der Waals surface area contributed by atoms with Gasteiger partial charge < -0.3 is 9.47 Å². The molecule has 2 aliphatic rings. The molecule has 0 fully saturated rings. The van der Waals surface area contributed by atoms with E-state index in [1.807, 2.05) is 0 Å². The molecule has 2 heterocycles. The predicted octanol–water partition coefficient (Wildman–Crippen LogP) is 4.91. The molecule has 22 heavy (non-hydrogen) atoms. The van der Waals surface area contributed by atoms with Gasteiger partial charge >= 0.3 is 0 Å². The number of hydrogen-bond acceptors (Lipinski definition) is 4. The van der Waals surface area contributed by atoms with Gasteiger partial charge in [0.05, 0.1) is 12.5 Å². The fraction of sp³-hybridized carbons (Fsp3) is 0.333. The predicted molar refractivity (Wildman–Crippen MR) is 92.7 cm³/mol. The van der Waals surface area contributed by atoms with Crippen molar-refractivity contribution in [1.29, 1.82) is 0 Å². The van der Waals surface area contributed by atoms with Crippen molar-refractivity contribution >= 4 is 23.5 Å². The zero-order valence-corrected chi connectivity index (χ0v) is 14.5. The number of ether oxygens (including phenoxy) is 2. The SMILES string of the molecule is CSc1ccc2c(c1)C1COc3ccc(SC)cc3C1(C)O2. The maximum atomic E-state index is 6.43. The van der Waals surface area contributed by atoms with E-state index in [0.29, 0.717) is 6.61 Å². The van der Waals surface area contributed by atoms with E-state index in [9.17, 15) is 0 Å². The molecule has 0 saturated carbocycles. The summed E-state index contributed by atoms with van der Waals surface area (Å²) in [4.78, 5) is 2.52. The Bertz CT molecular complexity index is 744. The second-order valence-corrected chi connectivity index (χ2v) is 7.60. The molecular formula is C18H18O2S2. The van der Waals surface area contributed by atoms with Gasteiger partial charge in [0.2, 0.25) is 0 Å². The van der Waals surface area contributed by atoms with Crippen molar-refractivity contribution in [2.75, 3.05) is 19.1 Å². The lowest BCUT2D eigenvalue weighted by molar-refractivity contribution is 0.0432. The fourth-order valence-electron chi connectivity index (χ4n) is 3.43. The Morgan fingerprint density at radius 3 is 2.41 bits per heavy atom. The Balaban J connectivity index is 1.85. The minimum absolute atomic E-state index is 0.249. The number of fused-ring (bicyclic) bond motifs is 5. The molecule has 0 aliphatic carbocycles. The minimum atomic E-state index is -0.335. The van der Waals surface area contributed by atoms with Crippen molar-refractivity contribution in [1.82, 2.24) is 0 Å². The first kappa shape index (κ1) is 14.3. The van der Waals surface area contributed by atoms with Crippen LogP contribution >= 0.6 is 23.5 Å². The third kappa shape index (κ3) is 1.97. The molecule has 2 aromatic rings. The molecular weight excluding hydrogens is 312 g/mol. The van der Waals surface area contributed by atoms with Gasteiger partial charge in [-0.2, -0.15) is 0 Å². The first-order valence-electron chi connectivity index (χ1n) is 7.34. The van der Waals surface area contributed by atoms with E-state index < -0.39 is 0 Å². The first-order valence-corrected chi connectivity index (χ1v) is 9.79. The van der Waals surface area contributed by atoms with Crippen LogP contribution in [0.15, 0.2) is 46.2 Å². The van der Waals surface area contributed by atoms with Crippen LogP contribution in [-0.2, 0) is 5.60 Å². The van der Waals surface area contributed by atoms with Gasteiger partial charge in [0.1, 0.15) is 17.1 Å². The Morgan fingerprint density at radius 2 is 1.68 bits per heavy atom. The van der Waals surface area contributed by atoms with E-state index in [-0.39, 0.29) is 11.5 Å². The highest BCUT2D eigenvalue weighted by atomic mass is 32.2. The van der Waals surface area contributed by atoms with E-state index in [0.717, 1.165) is 17.1 Å². The van der Waals surface area contributed by atoms with Crippen LogP contribution in [0.4, 0.5) is 0 Å². The second kappa shape index (κ2) is 5.14. The Labute approximate surface area is 139 Å². The molecule has 2 atom stereocenters. The first-order chi connectivity index (χ1) is 10.7. The van der Waals surface area contributed by atoms with Gasteiger partial charge in [-0.05, 0) is 55.8 Å². The summed E-state index contributed by atoms with van der Waals surface area (Å²) in [5, 5.41) is 0. The van der Waals surface area contributed by atoms with E-state index in [1.165, 1.54) is 15.4 Å². The molecule has 0 bridgehead atoms. The molecule has 2 aliphatic heterocycles. The lowest BCUT2D eigenvalue weighted by Gasteiger charge is -2.37. The average molecular weight is 330 g/mol. The third-order valence-electron chi connectivity index (χ3n) is 4.71. The standard InChI is InChI=1S/C18H18O2S2/c1-18-14-9-12(22-3)5-7-17(14)19-10-15(18)13-8-11(21-2)4-6-16(13)20-18/h4-9,15H,10H2,1-3H3. The zero-order chi connectivity index (χ0) is 15.3. The van der Waals surface area contributed by atoms with Crippen LogP contribution in [0.5, 0.6) is 11.5 Å². The molecule has 2 unspecified atom stereocenters. The van der Waals surface area contributed by atoms with Crippen molar-refractivity contribution < 1.29 is 9.47 Å². The molecule has 0 saturated heterocycles. The van der Waals surface area contributed by atoms with E-state index in [2.05, 4.69) is 55.8 Å². The van der Waals surface area contributed by atoms with Crippen LogP contribution in [0.2, 0.25) is 0 Å². The van der Waals surface area contributed by atoms with Gasteiger partial charge in [-0.3, -0.25) is 0 Å². The maximum Gasteiger partial charge on any atom is 0.145 e. The third-order valence-corrected chi connectivity index (χ3v) is 6.16. The van der Waals surface area contributed by atoms with Crippen LogP contribution in [0.25, 0.3) is 0 Å². The highest BCUT2D eigenvalue weighted by molar-refractivity contribution is 7.98. The van der Waals surface area contributed by atoms with Crippen molar-refractivity contribution in [3.05, 3.63) is 47.5 Å². The number of thioether (sulfide) groups is 2. The molecule has 0 aromatic heterocycles. The van der Waals surface area contributed by atoms with Gasteiger partial charge in [0.25, 0.3) is 0 Å². The van der Waals surface area contributed by atoms with Crippen molar-refractivity contribution in [3.8, 4) is 11.5 Å². The molecule has 114 valence electrons. The van der Waals surface area contributed by atoms with Crippen molar-refractivity contribution in [3.63, 3.8) is 0 Å². The molecule has 0 amide bonds. The Morgan fingerprint density at radius 1 is 1.00 bits per heavy atom. The molecule has 4 heteroatoms. The Kier molecular flexibility index (Phi) is 3.35. The summed E-state index contributed by atoms with van der Waals surface area (Å²) < 4.78 is 12.5. The second-order valence-electron chi connectivity index (χ2n) is 5.84. The minimum Gasteiger partial charge on any atom is -0.492 e. The summed E-state index contributed by atoms with van der Waals surface area (Å²) in [6.45, 7) is 2.87. The van der Waals surface area contributed by atoms with Crippen molar-refractivity contribution in [2.45, 2.75) is 28.2 Å². The fourth-order valence-corrected chi connectivity index (χ4v) is 4.32. The quantitative estimate of drug-likeness (QED) is 0.728. The van der Waals surface area contributed by atoms with Crippen LogP contribution in [0.1, 0.15) is 24.0 Å². The van der Waals surface area contributed by atoms with Gasteiger partial charge in [0.15, 0.2) is 0 Å². The lowest BCUT2D eigenvalue weighted by Crippen LogP contribution is -2.38. The van der Waals surface area contributed by atoms with E-state index in [4.69, 9.17) is 9.47 Å². The summed E-state index contributed by atoms with van der Waals surface area (Å²) >= 11 is 3.52. The molecule has 0 N–H and O–H groups in total. The maximum absolute atomic E-state index is 6.43. The van der Waals surface area contributed by atoms with Gasteiger partial charge in [-0.1, -0.05) is 0 Å². The van der Waals surface area contributed by atoms with Crippen LogP contribution in [0, 0.1) is 0 Å². The summed E-state index contributed by atoms with van der Waals surface area (Å²) in [7, 11) is 0. The van der Waals surface area contributed by atoms with Crippen LogP contribution < -0.4 is 9.47 Å². The normalized spacial score (nSPS) is 24.8. The lowest BCUT2D eigenvalue weighted by atomic mass is 9.79. The van der Waals surface area contributed by atoms with Crippen LogP contribution in [0.3, 0.4) is 0 Å². The highest BCUT2D eigenvalue weighted by Crippen LogP contribution is 2.55. The topological polar surface area (TPSA) is 18.5 Å². The number of rotatable bonds is 2. The highest BCUT2D eigenvalue weighted by Gasteiger charge is 2.50. The van der Waals surface area contributed by atoms with E-state index in [1.54, 1.807) is 23.5 Å². The molecule has 0 radical (unpaired) electrons. The van der Waals surface area contributed by atoms with Gasteiger partial charge in [-0.15, -0.1) is 23.5 Å². The number of benzene rings is 2. The summed E-state index contributed by atoms with van der Waals surface area (Å²) in [5.74, 6) is 2.20. The molecule has 4 rings (SSSR count). The molecule has 2 nitrogen and oxygen atoms in total. The molecule has 0 spiro atoms. The van der Waals surface area contributed by atoms with Crippen LogP contribution in [-0.4, -0.2) is 19.1 Å². The monoisotopic (exact) mass is 330 g/mol. The van der Waals surface area contributed by atoms with Gasteiger partial charge in [0, 0.05) is 20.9 Å². The zero-order valence-electron chi connectivity index (χ0n) is 12.9. The average Bonchev–Trinajstić information content (AvgIpc) is 2.86. The summed E-state index contributed by atoms with van der Waals surface area (Å²) in [6, 6.07) is 12.9.